The summed E-state index contributed by atoms with van der Waals surface area (Å²) in [5.74, 6) is -1.04. The fourth-order valence-electron chi connectivity index (χ4n) is 4.33. The van der Waals surface area contributed by atoms with Crippen LogP contribution in [0.2, 0.25) is 0 Å². The average Bonchev–Trinajstić information content (AvgIpc) is 3.51. The molecule has 2 aromatic carbocycles. The van der Waals surface area contributed by atoms with E-state index in [0.29, 0.717) is 17.7 Å². The van der Waals surface area contributed by atoms with Gasteiger partial charge >= 0.3 is 6.09 Å². The zero-order chi connectivity index (χ0) is 27.5. The summed E-state index contributed by atoms with van der Waals surface area (Å²) in [6.07, 6.45) is 0.0110. The molecule has 3 amide bonds. The van der Waals surface area contributed by atoms with Gasteiger partial charge in [0.15, 0.2) is 0 Å². The molecule has 8 nitrogen and oxygen atoms in total. The lowest BCUT2D eigenvalue weighted by Gasteiger charge is -2.36. The first-order valence-electron chi connectivity index (χ1n) is 12.8. The topological polar surface area (TPSA) is 108 Å². The molecular formula is C29H39N3O5. The minimum absolute atomic E-state index is 0.0836. The van der Waals surface area contributed by atoms with Crippen LogP contribution in [-0.4, -0.2) is 45.6 Å². The Morgan fingerprint density at radius 3 is 2.19 bits per heavy atom. The van der Waals surface area contributed by atoms with Crippen molar-refractivity contribution in [1.29, 1.82) is 0 Å². The molecule has 37 heavy (non-hydrogen) atoms. The van der Waals surface area contributed by atoms with Gasteiger partial charge in [-0.25, -0.2) is 4.79 Å². The van der Waals surface area contributed by atoms with E-state index in [-0.39, 0.29) is 23.6 Å². The highest BCUT2D eigenvalue weighted by Crippen LogP contribution is 2.43. The number of aryl methyl sites for hydroxylation is 1. The molecule has 1 fully saturated rings. The Kier molecular flexibility index (Phi) is 8.51. The van der Waals surface area contributed by atoms with Gasteiger partial charge in [0.1, 0.15) is 23.4 Å². The zero-order valence-electron chi connectivity index (χ0n) is 22.7. The van der Waals surface area contributed by atoms with Crippen molar-refractivity contribution in [2.45, 2.75) is 78.6 Å². The molecule has 0 spiro atoms. The first kappa shape index (κ1) is 28.0. The highest BCUT2D eigenvalue weighted by atomic mass is 16.6. The lowest BCUT2D eigenvalue weighted by molar-refractivity contribution is -0.142. The number of alkyl carbamates (subject to hydrolysis) is 1. The maximum Gasteiger partial charge on any atom is 0.408 e. The van der Waals surface area contributed by atoms with E-state index in [4.69, 9.17) is 4.74 Å². The first-order valence-corrected chi connectivity index (χ1v) is 12.8. The number of carbonyl (C=O) groups is 3. The molecule has 8 heteroatoms. The molecule has 0 aliphatic heterocycles. The van der Waals surface area contributed by atoms with Gasteiger partial charge < -0.3 is 25.4 Å². The molecule has 200 valence electrons. The number of phenolic OH excluding ortho intramolecular Hbond substituents is 1. The Bertz CT molecular complexity index is 1140. The number of aromatic hydroxyl groups is 1. The van der Waals surface area contributed by atoms with Crippen LogP contribution in [0.5, 0.6) is 5.75 Å². The standard InChI is InChI=1S/C29H39N3O5/c1-17(2)24(31-28(36)37-29(5,6)7)27(35)32(22-16-19(22)4)25(20-13-9-11-15-23(20)33)26(34)30-21-14-10-8-12-18(21)3/h8-15,17,19,22,24-25,33H,16H2,1-7H3,(H,30,34)(H,31,36). The van der Waals surface area contributed by atoms with Crippen molar-refractivity contribution in [3.8, 4) is 5.75 Å². The Hall–Kier alpha value is -3.55. The SMILES string of the molecule is Cc1ccccc1NC(=O)C(c1ccccc1O)N(C(=O)C(NC(=O)OC(C)(C)C)C(C)C)C1CC1C. The number of amides is 3. The van der Waals surface area contributed by atoms with E-state index < -0.39 is 35.6 Å². The lowest BCUT2D eigenvalue weighted by Crippen LogP contribution is -2.55. The van der Waals surface area contributed by atoms with Crippen molar-refractivity contribution in [1.82, 2.24) is 10.2 Å². The lowest BCUT2D eigenvalue weighted by atomic mass is 9.97. The number of hydrogen-bond acceptors (Lipinski definition) is 5. The number of carbonyl (C=O) groups excluding carboxylic acids is 3. The van der Waals surface area contributed by atoms with Crippen LogP contribution < -0.4 is 10.6 Å². The second-order valence-corrected chi connectivity index (χ2v) is 11.2. The number of nitrogens with zero attached hydrogens (tertiary/aromatic N) is 1. The molecular weight excluding hydrogens is 470 g/mol. The van der Waals surface area contributed by atoms with Gasteiger partial charge in [-0.1, -0.05) is 57.2 Å². The maximum absolute atomic E-state index is 14.2. The summed E-state index contributed by atoms with van der Waals surface area (Å²) < 4.78 is 5.41. The molecule has 0 bridgehead atoms. The summed E-state index contributed by atoms with van der Waals surface area (Å²) in [7, 11) is 0. The molecule has 0 aromatic heterocycles. The molecule has 4 unspecified atom stereocenters. The van der Waals surface area contributed by atoms with Gasteiger partial charge in [-0.3, -0.25) is 9.59 Å². The Morgan fingerprint density at radius 2 is 1.65 bits per heavy atom. The summed E-state index contributed by atoms with van der Waals surface area (Å²) in [5.41, 5.74) is 1.08. The number of hydrogen-bond donors (Lipinski definition) is 3. The number of anilines is 1. The molecule has 4 atom stereocenters. The monoisotopic (exact) mass is 509 g/mol. The van der Waals surface area contributed by atoms with Crippen LogP contribution >= 0.6 is 0 Å². The van der Waals surface area contributed by atoms with Crippen LogP contribution in [0.4, 0.5) is 10.5 Å². The average molecular weight is 510 g/mol. The normalized spacial score (nSPS) is 18.5. The van der Waals surface area contributed by atoms with E-state index in [0.717, 1.165) is 5.56 Å². The summed E-state index contributed by atoms with van der Waals surface area (Å²) in [5, 5.41) is 16.4. The van der Waals surface area contributed by atoms with E-state index in [9.17, 15) is 19.5 Å². The molecule has 2 aromatic rings. The highest BCUT2D eigenvalue weighted by molar-refractivity contribution is 6.00. The maximum atomic E-state index is 14.2. The number of phenols is 1. The summed E-state index contributed by atoms with van der Waals surface area (Å²) in [6, 6.07) is 11.7. The van der Waals surface area contributed by atoms with E-state index in [1.54, 1.807) is 45.0 Å². The van der Waals surface area contributed by atoms with Gasteiger partial charge in [0.2, 0.25) is 5.91 Å². The fourth-order valence-corrected chi connectivity index (χ4v) is 4.33. The van der Waals surface area contributed by atoms with Crippen LogP contribution in [0.25, 0.3) is 0 Å². The second kappa shape index (κ2) is 11.2. The number of benzene rings is 2. The molecule has 3 N–H and O–H groups in total. The van der Waals surface area contributed by atoms with E-state index in [1.165, 1.54) is 11.0 Å². The van der Waals surface area contributed by atoms with Crippen molar-refractivity contribution in [3.63, 3.8) is 0 Å². The van der Waals surface area contributed by atoms with Crippen molar-refractivity contribution in [2.24, 2.45) is 11.8 Å². The van der Waals surface area contributed by atoms with Crippen LogP contribution in [0.3, 0.4) is 0 Å². The van der Waals surface area contributed by atoms with Crippen molar-refractivity contribution in [3.05, 3.63) is 59.7 Å². The van der Waals surface area contributed by atoms with Crippen LogP contribution in [0.15, 0.2) is 48.5 Å². The van der Waals surface area contributed by atoms with Crippen LogP contribution in [-0.2, 0) is 14.3 Å². The van der Waals surface area contributed by atoms with Crippen molar-refractivity contribution in [2.75, 3.05) is 5.32 Å². The van der Waals surface area contributed by atoms with E-state index in [1.807, 2.05) is 45.9 Å². The minimum Gasteiger partial charge on any atom is -0.508 e. The molecule has 0 saturated heterocycles. The molecule has 1 aliphatic carbocycles. The third kappa shape index (κ3) is 7.02. The Labute approximate surface area is 219 Å². The van der Waals surface area contributed by atoms with Gasteiger partial charge in [-0.05, 0) is 63.6 Å². The number of para-hydroxylation sites is 2. The number of rotatable bonds is 8. The van der Waals surface area contributed by atoms with Crippen LogP contribution in [0.1, 0.15) is 65.1 Å². The molecule has 0 radical (unpaired) electrons. The smallest absolute Gasteiger partial charge is 0.408 e. The molecule has 3 rings (SSSR count). The summed E-state index contributed by atoms with van der Waals surface area (Å²) in [6.45, 7) is 12.8. The predicted octanol–water partition coefficient (Wildman–Crippen LogP) is 5.17. The van der Waals surface area contributed by atoms with Gasteiger partial charge in [0.05, 0.1) is 0 Å². The molecule has 1 saturated carbocycles. The quantitative estimate of drug-likeness (QED) is 0.455. The summed E-state index contributed by atoms with van der Waals surface area (Å²) in [4.78, 5) is 42.2. The minimum atomic E-state index is -1.11. The summed E-state index contributed by atoms with van der Waals surface area (Å²) >= 11 is 0. The number of nitrogens with one attached hydrogen (secondary N) is 2. The second-order valence-electron chi connectivity index (χ2n) is 11.2. The van der Waals surface area contributed by atoms with Crippen LogP contribution in [0, 0.1) is 18.8 Å². The Morgan fingerprint density at radius 1 is 1.05 bits per heavy atom. The highest BCUT2D eigenvalue weighted by Gasteiger charge is 2.49. The van der Waals surface area contributed by atoms with E-state index >= 15 is 0 Å². The third-order valence-electron chi connectivity index (χ3n) is 6.44. The van der Waals surface area contributed by atoms with Gasteiger partial charge in [-0.15, -0.1) is 0 Å². The number of ether oxygens (including phenoxy) is 1. The van der Waals surface area contributed by atoms with Gasteiger partial charge in [0, 0.05) is 17.3 Å². The first-order chi connectivity index (χ1) is 17.3. The largest absolute Gasteiger partial charge is 0.508 e. The Balaban J connectivity index is 2.03. The van der Waals surface area contributed by atoms with Crippen molar-refractivity contribution >= 4 is 23.6 Å². The van der Waals surface area contributed by atoms with E-state index in [2.05, 4.69) is 10.6 Å². The van der Waals surface area contributed by atoms with Crippen molar-refractivity contribution < 1.29 is 24.2 Å². The molecule has 0 heterocycles. The fraction of sp³-hybridized carbons (Fsp3) is 0.483. The third-order valence-corrected chi connectivity index (χ3v) is 6.44. The zero-order valence-corrected chi connectivity index (χ0v) is 22.7. The van der Waals surface area contributed by atoms with Gasteiger partial charge in [0.25, 0.3) is 5.91 Å². The molecule has 1 aliphatic rings. The van der Waals surface area contributed by atoms with Gasteiger partial charge in [-0.2, -0.15) is 0 Å². The predicted molar refractivity (Wildman–Crippen MR) is 143 cm³/mol.